The molecule has 0 spiro atoms. The lowest BCUT2D eigenvalue weighted by Crippen LogP contribution is -2.45. The summed E-state index contributed by atoms with van der Waals surface area (Å²) in [5, 5.41) is 6.90. The normalized spacial score (nSPS) is 26.1. The van der Waals surface area contributed by atoms with Crippen molar-refractivity contribution in [1.82, 2.24) is 10.6 Å². The average molecular weight is 409 g/mol. The zero-order valence-corrected chi connectivity index (χ0v) is 15.9. The van der Waals surface area contributed by atoms with Crippen molar-refractivity contribution in [3.8, 4) is 0 Å². The Kier molecular flexibility index (Phi) is 9.64. The van der Waals surface area contributed by atoms with Gasteiger partial charge in [0.05, 0.1) is 6.61 Å². The predicted octanol–water partition coefficient (Wildman–Crippen LogP) is 3.16. The highest BCUT2D eigenvalue weighted by molar-refractivity contribution is 14.0. The first-order valence-corrected chi connectivity index (χ1v) is 8.36. The maximum absolute atomic E-state index is 5.63. The molecule has 0 heterocycles. The molecule has 0 aromatic heterocycles. The molecule has 0 amide bonds. The van der Waals surface area contributed by atoms with Gasteiger partial charge in [-0.2, -0.15) is 0 Å². The molecule has 2 aliphatic rings. The Labute approximate surface area is 146 Å². The van der Waals surface area contributed by atoms with Crippen molar-refractivity contribution in [3.05, 3.63) is 0 Å². The number of nitrogens with zero attached hydrogens (tertiary/aromatic N) is 1. The maximum atomic E-state index is 5.63. The summed E-state index contributed by atoms with van der Waals surface area (Å²) in [6.45, 7) is 4.87. The Hall–Kier alpha value is -0.0400. The zero-order chi connectivity index (χ0) is 14.2. The van der Waals surface area contributed by atoms with E-state index < -0.39 is 0 Å². The van der Waals surface area contributed by atoms with Crippen molar-refractivity contribution in [3.63, 3.8) is 0 Å². The predicted molar refractivity (Wildman–Crippen MR) is 99.5 cm³/mol. The molecule has 0 unspecified atom stereocenters. The molecule has 5 heteroatoms. The minimum Gasteiger partial charge on any atom is -0.379 e. The molecule has 4 nitrogen and oxygen atoms in total. The van der Waals surface area contributed by atoms with Crippen LogP contribution >= 0.6 is 24.0 Å². The van der Waals surface area contributed by atoms with E-state index in [1.165, 1.54) is 44.9 Å². The zero-order valence-electron chi connectivity index (χ0n) is 13.6. The van der Waals surface area contributed by atoms with Crippen LogP contribution in [-0.4, -0.2) is 38.8 Å². The van der Waals surface area contributed by atoms with E-state index in [0.717, 1.165) is 37.6 Å². The summed E-state index contributed by atoms with van der Waals surface area (Å²) in [4.78, 5) is 4.31. The molecule has 0 bridgehead atoms. The molecule has 2 saturated carbocycles. The Balaban J connectivity index is 0.00000220. The highest BCUT2D eigenvalue weighted by Gasteiger charge is 2.21. The molecule has 0 aromatic rings. The van der Waals surface area contributed by atoms with E-state index in [0.29, 0.717) is 6.04 Å². The molecule has 2 fully saturated rings. The highest BCUT2D eigenvalue weighted by Crippen LogP contribution is 2.28. The van der Waals surface area contributed by atoms with Gasteiger partial charge in [0, 0.05) is 26.2 Å². The summed E-state index contributed by atoms with van der Waals surface area (Å²) in [5.41, 5.74) is 0. The number of hydrogen-bond acceptors (Lipinski definition) is 2. The number of guanidine groups is 1. The summed E-state index contributed by atoms with van der Waals surface area (Å²) >= 11 is 0. The van der Waals surface area contributed by atoms with Crippen molar-refractivity contribution in [2.24, 2.45) is 16.8 Å². The molecule has 2 aliphatic carbocycles. The summed E-state index contributed by atoms with van der Waals surface area (Å²) in [7, 11) is 1.85. The van der Waals surface area contributed by atoms with Crippen molar-refractivity contribution >= 4 is 29.9 Å². The van der Waals surface area contributed by atoms with E-state index in [-0.39, 0.29) is 24.0 Å². The fourth-order valence-corrected chi connectivity index (χ4v) is 2.88. The van der Waals surface area contributed by atoms with Crippen LogP contribution in [0.5, 0.6) is 0 Å². The van der Waals surface area contributed by atoms with E-state index in [1.54, 1.807) is 0 Å². The number of nitrogens with one attached hydrogen (secondary N) is 2. The third-order valence-corrected chi connectivity index (χ3v) is 4.58. The number of hydrogen-bond donors (Lipinski definition) is 2. The number of rotatable bonds is 7. The SMILES string of the molecule is CCC1CCC(NC(=NC)NCCOCC2CC2)CC1.I. The smallest absolute Gasteiger partial charge is 0.191 e. The van der Waals surface area contributed by atoms with Crippen LogP contribution in [-0.2, 0) is 4.74 Å². The number of halogens is 1. The van der Waals surface area contributed by atoms with Crippen LogP contribution in [0.15, 0.2) is 4.99 Å². The van der Waals surface area contributed by atoms with Crippen LogP contribution in [0.3, 0.4) is 0 Å². The third-order valence-electron chi connectivity index (χ3n) is 4.58. The quantitative estimate of drug-likeness (QED) is 0.294. The van der Waals surface area contributed by atoms with Crippen molar-refractivity contribution in [1.29, 1.82) is 0 Å². The van der Waals surface area contributed by atoms with Gasteiger partial charge in [0.15, 0.2) is 5.96 Å². The van der Waals surface area contributed by atoms with Gasteiger partial charge in [0.25, 0.3) is 0 Å². The first-order valence-electron chi connectivity index (χ1n) is 8.36. The van der Waals surface area contributed by atoms with Gasteiger partial charge in [0.1, 0.15) is 0 Å². The lowest BCUT2D eigenvalue weighted by atomic mass is 9.84. The largest absolute Gasteiger partial charge is 0.379 e. The second-order valence-corrected chi connectivity index (χ2v) is 6.29. The van der Waals surface area contributed by atoms with Crippen LogP contribution < -0.4 is 10.6 Å². The maximum Gasteiger partial charge on any atom is 0.191 e. The van der Waals surface area contributed by atoms with Crippen molar-refractivity contribution < 1.29 is 4.74 Å². The van der Waals surface area contributed by atoms with Gasteiger partial charge in [-0.3, -0.25) is 4.99 Å². The minimum absolute atomic E-state index is 0. The molecule has 2 rings (SSSR count). The van der Waals surface area contributed by atoms with Crippen LogP contribution in [0.1, 0.15) is 51.9 Å². The fraction of sp³-hybridized carbons (Fsp3) is 0.938. The number of ether oxygens (including phenoxy) is 1. The van der Waals surface area contributed by atoms with Crippen LogP contribution in [0.2, 0.25) is 0 Å². The van der Waals surface area contributed by atoms with Crippen molar-refractivity contribution in [2.75, 3.05) is 26.8 Å². The highest BCUT2D eigenvalue weighted by atomic mass is 127. The van der Waals surface area contributed by atoms with Gasteiger partial charge < -0.3 is 15.4 Å². The average Bonchev–Trinajstić information content (AvgIpc) is 3.30. The van der Waals surface area contributed by atoms with E-state index in [9.17, 15) is 0 Å². The lowest BCUT2D eigenvalue weighted by molar-refractivity contribution is 0.129. The third kappa shape index (κ3) is 7.68. The monoisotopic (exact) mass is 409 g/mol. The molecule has 21 heavy (non-hydrogen) atoms. The standard InChI is InChI=1S/C16H31N3O.HI/c1-3-13-6-8-15(9-7-13)19-16(17-2)18-10-11-20-12-14-4-5-14;/h13-15H,3-12H2,1-2H3,(H2,17,18,19);1H. The van der Waals surface area contributed by atoms with Gasteiger partial charge in [-0.05, 0) is 50.4 Å². The van der Waals surface area contributed by atoms with Crippen LogP contribution in [0, 0.1) is 11.8 Å². The Bertz CT molecular complexity index is 300. The topological polar surface area (TPSA) is 45.7 Å². The summed E-state index contributed by atoms with van der Waals surface area (Å²) in [6, 6.07) is 0.594. The van der Waals surface area contributed by atoms with E-state index in [2.05, 4.69) is 22.5 Å². The first-order chi connectivity index (χ1) is 9.81. The van der Waals surface area contributed by atoms with Gasteiger partial charge in [0.2, 0.25) is 0 Å². The van der Waals surface area contributed by atoms with E-state index in [1.807, 2.05) is 7.05 Å². The second-order valence-electron chi connectivity index (χ2n) is 6.29. The molecule has 2 N–H and O–H groups in total. The molecule has 0 aliphatic heterocycles. The molecule has 0 radical (unpaired) electrons. The Morgan fingerprint density at radius 1 is 1.10 bits per heavy atom. The molecular formula is C16H32IN3O. The molecule has 124 valence electrons. The summed E-state index contributed by atoms with van der Waals surface area (Å²) in [6.07, 6.45) is 9.31. The van der Waals surface area contributed by atoms with E-state index >= 15 is 0 Å². The van der Waals surface area contributed by atoms with Crippen LogP contribution in [0.4, 0.5) is 0 Å². The molecule has 0 saturated heterocycles. The summed E-state index contributed by atoms with van der Waals surface area (Å²) in [5.74, 6) is 2.72. The van der Waals surface area contributed by atoms with Gasteiger partial charge in [-0.1, -0.05) is 13.3 Å². The van der Waals surface area contributed by atoms with Crippen molar-refractivity contribution in [2.45, 2.75) is 57.9 Å². The second kappa shape index (κ2) is 10.6. The molecule has 0 atom stereocenters. The van der Waals surface area contributed by atoms with Gasteiger partial charge in [-0.25, -0.2) is 0 Å². The Morgan fingerprint density at radius 3 is 2.33 bits per heavy atom. The van der Waals surface area contributed by atoms with Gasteiger partial charge >= 0.3 is 0 Å². The van der Waals surface area contributed by atoms with Crippen LogP contribution in [0.25, 0.3) is 0 Å². The molecular weight excluding hydrogens is 377 g/mol. The number of aliphatic imine (C=N–C) groups is 1. The fourth-order valence-electron chi connectivity index (χ4n) is 2.88. The lowest BCUT2D eigenvalue weighted by Gasteiger charge is -2.29. The van der Waals surface area contributed by atoms with E-state index in [4.69, 9.17) is 4.74 Å². The summed E-state index contributed by atoms with van der Waals surface area (Å²) < 4.78 is 5.63. The molecule has 0 aromatic carbocycles. The Morgan fingerprint density at radius 2 is 1.76 bits per heavy atom. The van der Waals surface area contributed by atoms with Gasteiger partial charge in [-0.15, -0.1) is 24.0 Å². The minimum atomic E-state index is 0. The first kappa shape index (κ1) is 19.0.